The standard InChI is InChI=1S/C9H17N3O/c1-4-8(10)6-12(3)9-5-7(2)13-11-9/h5,8H,4,6,10H2,1-3H3. The molecule has 0 aliphatic carbocycles. The molecule has 0 fully saturated rings. The van der Waals surface area contributed by atoms with Crippen LogP contribution in [0.1, 0.15) is 19.1 Å². The Balaban J connectivity index is 2.53. The Kier molecular flexibility index (Phi) is 3.31. The highest BCUT2D eigenvalue weighted by Crippen LogP contribution is 2.11. The van der Waals surface area contributed by atoms with Gasteiger partial charge in [0.15, 0.2) is 5.82 Å². The van der Waals surface area contributed by atoms with E-state index in [1.807, 2.05) is 24.9 Å². The van der Waals surface area contributed by atoms with E-state index in [9.17, 15) is 0 Å². The molecule has 0 saturated carbocycles. The van der Waals surface area contributed by atoms with Crippen molar-refractivity contribution in [2.45, 2.75) is 26.3 Å². The van der Waals surface area contributed by atoms with Crippen LogP contribution in [-0.4, -0.2) is 24.8 Å². The van der Waals surface area contributed by atoms with Crippen molar-refractivity contribution in [3.05, 3.63) is 11.8 Å². The van der Waals surface area contributed by atoms with Crippen LogP contribution in [0.15, 0.2) is 10.6 Å². The SMILES string of the molecule is CCC(N)CN(C)c1cc(C)on1. The van der Waals surface area contributed by atoms with E-state index in [0.29, 0.717) is 0 Å². The van der Waals surface area contributed by atoms with Crippen LogP contribution in [0.25, 0.3) is 0 Å². The Morgan fingerprint density at radius 3 is 2.85 bits per heavy atom. The Labute approximate surface area is 78.7 Å². The molecule has 0 saturated heterocycles. The summed E-state index contributed by atoms with van der Waals surface area (Å²) in [5.41, 5.74) is 5.82. The van der Waals surface area contributed by atoms with Gasteiger partial charge in [-0.1, -0.05) is 12.1 Å². The van der Waals surface area contributed by atoms with E-state index in [1.54, 1.807) is 0 Å². The van der Waals surface area contributed by atoms with Crippen molar-refractivity contribution in [2.24, 2.45) is 5.73 Å². The summed E-state index contributed by atoms with van der Waals surface area (Å²) in [5.74, 6) is 1.67. The highest BCUT2D eigenvalue weighted by molar-refractivity contribution is 5.36. The van der Waals surface area contributed by atoms with E-state index in [0.717, 1.165) is 24.5 Å². The monoisotopic (exact) mass is 183 g/mol. The number of nitrogens with two attached hydrogens (primary N) is 1. The van der Waals surface area contributed by atoms with Gasteiger partial charge in [-0.2, -0.15) is 0 Å². The molecule has 13 heavy (non-hydrogen) atoms. The lowest BCUT2D eigenvalue weighted by Gasteiger charge is -2.19. The molecule has 1 atom stereocenters. The lowest BCUT2D eigenvalue weighted by Crippen LogP contribution is -2.34. The van der Waals surface area contributed by atoms with Crippen LogP contribution in [0.5, 0.6) is 0 Å². The molecule has 1 rings (SSSR count). The summed E-state index contributed by atoms with van der Waals surface area (Å²) in [7, 11) is 1.97. The molecular formula is C9H17N3O. The Morgan fingerprint density at radius 2 is 2.38 bits per heavy atom. The first-order valence-electron chi connectivity index (χ1n) is 4.53. The van der Waals surface area contributed by atoms with Crippen LogP contribution < -0.4 is 10.6 Å². The number of aryl methyl sites for hydroxylation is 1. The van der Waals surface area contributed by atoms with Gasteiger partial charge in [0.05, 0.1) is 0 Å². The van der Waals surface area contributed by atoms with Crippen LogP contribution in [0, 0.1) is 6.92 Å². The molecule has 1 unspecified atom stereocenters. The minimum Gasteiger partial charge on any atom is -0.360 e. The third kappa shape index (κ3) is 2.73. The first kappa shape index (κ1) is 10.1. The normalized spacial score (nSPS) is 12.9. The van der Waals surface area contributed by atoms with Crippen molar-refractivity contribution in [1.29, 1.82) is 0 Å². The van der Waals surface area contributed by atoms with E-state index >= 15 is 0 Å². The first-order valence-corrected chi connectivity index (χ1v) is 4.53. The van der Waals surface area contributed by atoms with Crippen LogP contribution >= 0.6 is 0 Å². The van der Waals surface area contributed by atoms with Gasteiger partial charge in [-0.05, 0) is 13.3 Å². The molecule has 0 aliphatic rings. The zero-order chi connectivity index (χ0) is 9.84. The molecule has 4 heteroatoms. The molecule has 0 spiro atoms. The molecule has 0 radical (unpaired) electrons. The molecule has 4 nitrogen and oxygen atoms in total. The molecule has 74 valence electrons. The lowest BCUT2D eigenvalue weighted by molar-refractivity contribution is 0.397. The van der Waals surface area contributed by atoms with Gasteiger partial charge in [0.25, 0.3) is 0 Å². The second kappa shape index (κ2) is 4.28. The summed E-state index contributed by atoms with van der Waals surface area (Å²) in [4.78, 5) is 2.00. The number of hydrogen-bond acceptors (Lipinski definition) is 4. The third-order valence-corrected chi connectivity index (χ3v) is 2.04. The van der Waals surface area contributed by atoms with Crippen LogP contribution in [0.2, 0.25) is 0 Å². The lowest BCUT2D eigenvalue weighted by atomic mass is 10.2. The van der Waals surface area contributed by atoms with Gasteiger partial charge in [-0.3, -0.25) is 0 Å². The van der Waals surface area contributed by atoms with Crippen molar-refractivity contribution in [1.82, 2.24) is 5.16 Å². The quantitative estimate of drug-likeness (QED) is 0.761. The zero-order valence-electron chi connectivity index (χ0n) is 8.45. The van der Waals surface area contributed by atoms with Crippen LogP contribution in [0.4, 0.5) is 5.82 Å². The highest BCUT2D eigenvalue weighted by atomic mass is 16.5. The maximum Gasteiger partial charge on any atom is 0.172 e. The first-order chi connectivity index (χ1) is 6.13. The summed E-state index contributed by atoms with van der Waals surface area (Å²) < 4.78 is 4.97. The molecule has 1 heterocycles. The zero-order valence-corrected chi connectivity index (χ0v) is 8.45. The number of nitrogens with zero attached hydrogens (tertiary/aromatic N) is 2. The van der Waals surface area contributed by atoms with Gasteiger partial charge in [-0.15, -0.1) is 0 Å². The summed E-state index contributed by atoms with van der Waals surface area (Å²) in [6.45, 7) is 4.76. The smallest absolute Gasteiger partial charge is 0.172 e. The van der Waals surface area contributed by atoms with E-state index in [-0.39, 0.29) is 6.04 Å². The fraction of sp³-hybridized carbons (Fsp3) is 0.667. The maximum absolute atomic E-state index is 5.82. The summed E-state index contributed by atoms with van der Waals surface area (Å²) in [6, 6.07) is 2.10. The average Bonchev–Trinajstić information content (AvgIpc) is 2.51. The summed E-state index contributed by atoms with van der Waals surface area (Å²) in [5, 5.41) is 3.90. The van der Waals surface area contributed by atoms with Gasteiger partial charge >= 0.3 is 0 Å². The average molecular weight is 183 g/mol. The van der Waals surface area contributed by atoms with Crippen molar-refractivity contribution in [3.63, 3.8) is 0 Å². The van der Waals surface area contributed by atoms with Gasteiger partial charge in [0, 0.05) is 25.7 Å². The minimum atomic E-state index is 0.196. The van der Waals surface area contributed by atoms with Crippen molar-refractivity contribution < 1.29 is 4.52 Å². The van der Waals surface area contributed by atoms with Gasteiger partial charge < -0.3 is 15.2 Å². The number of hydrogen-bond donors (Lipinski definition) is 1. The molecule has 0 aromatic carbocycles. The highest BCUT2D eigenvalue weighted by Gasteiger charge is 2.08. The van der Waals surface area contributed by atoms with Crippen molar-refractivity contribution in [2.75, 3.05) is 18.5 Å². The van der Waals surface area contributed by atoms with E-state index in [1.165, 1.54) is 0 Å². The number of rotatable bonds is 4. The summed E-state index contributed by atoms with van der Waals surface area (Å²) >= 11 is 0. The second-order valence-corrected chi connectivity index (χ2v) is 3.34. The van der Waals surface area contributed by atoms with Crippen molar-refractivity contribution in [3.8, 4) is 0 Å². The predicted molar refractivity (Wildman–Crippen MR) is 52.8 cm³/mol. The fourth-order valence-corrected chi connectivity index (χ4v) is 1.11. The van der Waals surface area contributed by atoms with Crippen molar-refractivity contribution >= 4 is 5.82 Å². The third-order valence-electron chi connectivity index (χ3n) is 2.04. The van der Waals surface area contributed by atoms with E-state index in [2.05, 4.69) is 12.1 Å². The molecule has 2 N–H and O–H groups in total. The number of likely N-dealkylation sites (N-methyl/N-ethyl adjacent to an activating group) is 1. The largest absolute Gasteiger partial charge is 0.360 e. The molecule has 1 aromatic heterocycles. The maximum atomic E-state index is 5.82. The van der Waals surface area contributed by atoms with Gasteiger partial charge in [0.1, 0.15) is 5.76 Å². The summed E-state index contributed by atoms with van der Waals surface area (Å²) in [6.07, 6.45) is 0.973. The Bertz CT molecular complexity index is 259. The molecule has 1 aromatic rings. The molecule has 0 aliphatic heterocycles. The van der Waals surface area contributed by atoms with Crippen LogP contribution in [0.3, 0.4) is 0 Å². The number of aromatic nitrogens is 1. The number of anilines is 1. The van der Waals surface area contributed by atoms with E-state index < -0.39 is 0 Å². The molecular weight excluding hydrogens is 166 g/mol. The molecule has 0 bridgehead atoms. The Hall–Kier alpha value is -1.03. The molecule has 0 amide bonds. The van der Waals surface area contributed by atoms with Crippen LogP contribution in [-0.2, 0) is 0 Å². The second-order valence-electron chi connectivity index (χ2n) is 3.34. The topological polar surface area (TPSA) is 55.3 Å². The van der Waals surface area contributed by atoms with E-state index in [4.69, 9.17) is 10.3 Å². The Morgan fingerprint density at radius 1 is 1.69 bits per heavy atom. The fourth-order valence-electron chi connectivity index (χ4n) is 1.11. The minimum absolute atomic E-state index is 0.196. The van der Waals surface area contributed by atoms with Gasteiger partial charge in [-0.25, -0.2) is 0 Å². The van der Waals surface area contributed by atoms with Gasteiger partial charge in [0.2, 0.25) is 0 Å². The predicted octanol–water partition coefficient (Wildman–Crippen LogP) is 1.16.